The largest absolute Gasteiger partial charge is 0.377 e. The summed E-state index contributed by atoms with van der Waals surface area (Å²) < 4.78 is 5.39. The molecule has 1 aliphatic rings. The number of aliphatic imine (C=N–C) groups is 1. The van der Waals surface area contributed by atoms with Crippen molar-refractivity contribution in [3.05, 3.63) is 0 Å². The summed E-state index contributed by atoms with van der Waals surface area (Å²) in [6.45, 7) is 8.25. The number of hydrogen-bond acceptors (Lipinski definition) is 3. The number of guanidine groups is 1. The van der Waals surface area contributed by atoms with Crippen LogP contribution in [0.25, 0.3) is 0 Å². The van der Waals surface area contributed by atoms with E-state index in [0.29, 0.717) is 5.92 Å². The van der Waals surface area contributed by atoms with Crippen molar-refractivity contribution in [3.8, 4) is 0 Å². The van der Waals surface area contributed by atoms with Gasteiger partial charge in [-0.1, -0.05) is 0 Å². The molecular formula is C14H30N4O. The van der Waals surface area contributed by atoms with Crippen molar-refractivity contribution in [2.45, 2.75) is 32.3 Å². The van der Waals surface area contributed by atoms with Crippen molar-refractivity contribution >= 4 is 5.96 Å². The van der Waals surface area contributed by atoms with Crippen LogP contribution < -0.4 is 10.6 Å². The topological polar surface area (TPSA) is 48.9 Å². The predicted octanol–water partition coefficient (Wildman–Crippen LogP) is 0.918. The summed E-state index contributed by atoms with van der Waals surface area (Å²) in [5, 5.41) is 6.72. The minimum atomic E-state index is -0.178. The highest BCUT2D eigenvalue weighted by Gasteiger charge is 2.19. The van der Waals surface area contributed by atoms with E-state index in [9.17, 15) is 0 Å². The van der Waals surface area contributed by atoms with Gasteiger partial charge in [0.05, 0.1) is 5.60 Å². The molecule has 0 bridgehead atoms. The third kappa shape index (κ3) is 6.25. The second-order valence-corrected chi connectivity index (χ2v) is 6.04. The third-order valence-corrected chi connectivity index (χ3v) is 3.74. The summed E-state index contributed by atoms with van der Waals surface area (Å²) in [4.78, 5) is 6.66. The van der Waals surface area contributed by atoms with Gasteiger partial charge in [-0.15, -0.1) is 0 Å². The Labute approximate surface area is 117 Å². The highest BCUT2D eigenvalue weighted by Crippen LogP contribution is 2.13. The lowest BCUT2D eigenvalue weighted by molar-refractivity contribution is 0.0268. The maximum atomic E-state index is 5.39. The van der Waals surface area contributed by atoms with E-state index in [0.717, 1.165) is 19.0 Å². The molecule has 0 aromatic carbocycles. The number of rotatable bonds is 5. The van der Waals surface area contributed by atoms with Gasteiger partial charge in [-0.05, 0) is 46.2 Å². The Morgan fingerprint density at radius 2 is 2.16 bits per heavy atom. The lowest BCUT2D eigenvalue weighted by Gasteiger charge is -2.30. The van der Waals surface area contributed by atoms with E-state index in [2.05, 4.69) is 41.4 Å². The first-order valence-electron chi connectivity index (χ1n) is 7.15. The Morgan fingerprint density at radius 1 is 1.42 bits per heavy atom. The van der Waals surface area contributed by atoms with Crippen LogP contribution in [0.4, 0.5) is 0 Å². The number of nitrogens with one attached hydrogen (secondary N) is 2. The summed E-state index contributed by atoms with van der Waals surface area (Å²) in [5.74, 6) is 1.58. The van der Waals surface area contributed by atoms with Crippen molar-refractivity contribution < 1.29 is 4.74 Å². The first-order chi connectivity index (χ1) is 8.96. The van der Waals surface area contributed by atoms with E-state index < -0.39 is 0 Å². The zero-order valence-corrected chi connectivity index (χ0v) is 13.1. The van der Waals surface area contributed by atoms with Crippen LogP contribution in [-0.2, 0) is 4.74 Å². The van der Waals surface area contributed by atoms with Crippen LogP contribution in [0.2, 0.25) is 0 Å². The van der Waals surface area contributed by atoms with Gasteiger partial charge in [0.25, 0.3) is 0 Å². The maximum Gasteiger partial charge on any atom is 0.191 e. The van der Waals surface area contributed by atoms with Crippen LogP contribution in [0.3, 0.4) is 0 Å². The van der Waals surface area contributed by atoms with Crippen LogP contribution >= 0.6 is 0 Å². The summed E-state index contributed by atoms with van der Waals surface area (Å²) in [6, 6.07) is 0. The van der Waals surface area contributed by atoms with Gasteiger partial charge in [0.2, 0.25) is 0 Å². The van der Waals surface area contributed by atoms with Gasteiger partial charge >= 0.3 is 0 Å². The van der Waals surface area contributed by atoms with E-state index in [1.807, 2.05) is 7.05 Å². The zero-order valence-electron chi connectivity index (χ0n) is 13.1. The van der Waals surface area contributed by atoms with E-state index in [1.165, 1.54) is 25.9 Å². The van der Waals surface area contributed by atoms with Gasteiger partial charge in [0.15, 0.2) is 5.96 Å². The molecule has 0 aliphatic carbocycles. The van der Waals surface area contributed by atoms with Gasteiger partial charge in [-0.25, -0.2) is 0 Å². The molecule has 5 heteroatoms. The van der Waals surface area contributed by atoms with Crippen molar-refractivity contribution in [1.29, 1.82) is 0 Å². The Bertz CT molecular complexity index is 291. The fraction of sp³-hybridized carbons (Fsp3) is 0.929. The summed E-state index contributed by atoms with van der Waals surface area (Å²) in [6.07, 6.45) is 2.60. The second kappa shape index (κ2) is 7.70. The molecule has 2 N–H and O–H groups in total. The lowest BCUT2D eigenvalue weighted by atomic mass is 9.99. The van der Waals surface area contributed by atoms with Gasteiger partial charge in [-0.3, -0.25) is 4.99 Å². The van der Waals surface area contributed by atoms with Crippen LogP contribution in [0, 0.1) is 5.92 Å². The molecule has 112 valence electrons. The highest BCUT2D eigenvalue weighted by molar-refractivity contribution is 5.79. The fourth-order valence-corrected chi connectivity index (χ4v) is 2.27. The van der Waals surface area contributed by atoms with Crippen molar-refractivity contribution in [1.82, 2.24) is 15.5 Å². The summed E-state index contributed by atoms with van der Waals surface area (Å²) in [5.41, 5.74) is -0.178. The molecule has 1 aliphatic heterocycles. The normalized spacial score (nSPS) is 22.4. The van der Waals surface area contributed by atoms with Crippen molar-refractivity contribution in [3.63, 3.8) is 0 Å². The van der Waals surface area contributed by atoms with Crippen LogP contribution in [0.1, 0.15) is 26.7 Å². The summed E-state index contributed by atoms with van der Waals surface area (Å²) >= 11 is 0. The molecular weight excluding hydrogens is 240 g/mol. The van der Waals surface area contributed by atoms with Gasteiger partial charge in [0, 0.05) is 33.8 Å². The highest BCUT2D eigenvalue weighted by atomic mass is 16.5. The molecule has 1 fully saturated rings. The molecule has 0 aromatic rings. The van der Waals surface area contributed by atoms with Gasteiger partial charge < -0.3 is 20.3 Å². The zero-order chi connectivity index (χ0) is 14.3. The molecule has 0 aromatic heterocycles. The lowest BCUT2D eigenvalue weighted by Crippen LogP contribution is -2.47. The average Bonchev–Trinajstić information content (AvgIpc) is 2.39. The SMILES string of the molecule is CN=C(NCC1CCCN(C)C1)NCC(C)(C)OC. The van der Waals surface area contributed by atoms with E-state index >= 15 is 0 Å². The van der Waals surface area contributed by atoms with Gasteiger partial charge in [-0.2, -0.15) is 0 Å². The Morgan fingerprint density at radius 3 is 2.74 bits per heavy atom. The molecule has 5 nitrogen and oxygen atoms in total. The second-order valence-electron chi connectivity index (χ2n) is 6.04. The molecule has 0 saturated carbocycles. The minimum absolute atomic E-state index is 0.178. The smallest absolute Gasteiger partial charge is 0.191 e. The number of methoxy groups -OCH3 is 1. The molecule has 1 atom stereocenters. The van der Waals surface area contributed by atoms with E-state index in [4.69, 9.17) is 4.74 Å². The quantitative estimate of drug-likeness (QED) is 0.576. The molecule has 1 unspecified atom stereocenters. The predicted molar refractivity (Wildman–Crippen MR) is 80.7 cm³/mol. The fourth-order valence-electron chi connectivity index (χ4n) is 2.27. The van der Waals surface area contributed by atoms with Crippen LogP contribution in [0.5, 0.6) is 0 Å². The number of piperidine rings is 1. The molecule has 1 heterocycles. The number of likely N-dealkylation sites (tertiary alicyclic amines) is 1. The standard InChI is InChI=1S/C14H30N4O/c1-14(2,19-5)11-17-13(15-3)16-9-12-7-6-8-18(4)10-12/h12H,6-11H2,1-5H3,(H2,15,16,17). The van der Waals surface area contributed by atoms with Crippen LogP contribution in [0.15, 0.2) is 4.99 Å². The Hall–Kier alpha value is -0.810. The molecule has 0 radical (unpaired) electrons. The number of ether oxygens (including phenoxy) is 1. The maximum absolute atomic E-state index is 5.39. The molecule has 1 saturated heterocycles. The van der Waals surface area contributed by atoms with Crippen molar-refractivity contribution in [2.75, 3.05) is 47.4 Å². The van der Waals surface area contributed by atoms with Crippen molar-refractivity contribution in [2.24, 2.45) is 10.9 Å². The Kier molecular flexibility index (Phi) is 6.58. The first kappa shape index (κ1) is 16.2. The van der Waals surface area contributed by atoms with E-state index in [1.54, 1.807) is 7.11 Å². The van der Waals surface area contributed by atoms with E-state index in [-0.39, 0.29) is 5.60 Å². The monoisotopic (exact) mass is 270 g/mol. The summed E-state index contributed by atoms with van der Waals surface area (Å²) in [7, 11) is 5.73. The molecule has 0 spiro atoms. The number of nitrogens with zero attached hydrogens (tertiary/aromatic N) is 2. The third-order valence-electron chi connectivity index (χ3n) is 3.74. The van der Waals surface area contributed by atoms with Crippen LogP contribution in [-0.4, -0.2) is 63.8 Å². The Balaban J connectivity index is 2.29. The molecule has 1 rings (SSSR count). The van der Waals surface area contributed by atoms with Gasteiger partial charge in [0.1, 0.15) is 0 Å². The first-order valence-corrected chi connectivity index (χ1v) is 7.15. The molecule has 19 heavy (non-hydrogen) atoms. The average molecular weight is 270 g/mol. The number of hydrogen-bond donors (Lipinski definition) is 2. The molecule has 0 amide bonds. The minimum Gasteiger partial charge on any atom is -0.377 e.